The van der Waals surface area contributed by atoms with Crippen molar-refractivity contribution in [3.63, 3.8) is 0 Å². The molecular formula is C22H39NO2. The van der Waals surface area contributed by atoms with Crippen LogP contribution in [0.25, 0.3) is 0 Å². The molecule has 0 bridgehead atoms. The van der Waals surface area contributed by atoms with Gasteiger partial charge >= 0.3 is 0 Å². The smallest absolute Gasteiger partial charge is 0.223 e. The first-order valence-electron chi connectivity index (χ1n) is 10.4. The summed E-state index contributed by atoms with van der Waals surface area (Å²) >= 11 is 0. The Labute approximate surface area is 154 Å². The summed E-state index contributed by atoms with van der Waals surface area (Å²) in [4.78, 5) is 24.1. The van der Waals surface area contributed by atoms with Gasteiger partial charge in [-0.05, 0) is 75.0 Å². The number of ketones is 1. The highest BCUT2D eigenvalue weighted by Crippen LogP contribution is 2.54. The van der Waals surface area contributed by atoms with Gasteiger partial charge in [-0.3, -0.25) is 9.59 Å². The average Bonchev–Trinajstić information content (AvgIpc) is 2.54. The lowest BCUT2D eigenvalue weighted by Gasteiger charge is -2.52. The molecule has 0 spiro atoms. The standard InChI is InChI=1S/C22H39NO2/c1-15(2)22(21(4,5)6)13-11-19(12-14-22)23-20(25)18-9-7-17(8-10-18)16(3)24/h15,17-19H,7-14H2,1-6H3,(H,23,25). The number of carbonyl (C=O) groups excluding carboxylic acids is 2. The van der Waals surface area contributed by atoms with Gasteiger partial charge in [0.05, 0.1) is 0 Å². The molecule has 0 heterocycles. The summed E-state index contributed by atoms with van der Waals surface area (Å²) in [6.07, 6.45) is 8.14. The Hall–Kier alpha value is -0.860. The van der Waals surface area contributed by atoms with Crippen molar-refractivity contribution in [3.05, 3.63) is 0 Å². The first kappa shape index (κ1) is 20.5. The van der Waals surface area contributed by atoms with Crippen molar-refractivity contribution in [2.45, 2.75) is 99.0 Å². The Morgan fingerprint density at radius 3 is 1.80 bits per heavy atom. The first-order valence-corrected chi connectivity index (χ1v) is 10.4. The first-order chi connectivity index (χ1) is 11.6. The minimum absolute atomic E-state index is 0.120. The van der Waals surface area contributed by atoms with Crippen LogP contribution in [0.1, 0.15) is 92.9 Å². The molecule has 2 fully saturated rings. The number of nitrogens with one attached hydrogen (secondary N) is 1. The van der Waals surface area contributed by atoms with Crippen LogP contribution in [0.15, 0.2) is 0 Å². The fraction of sp³-hybridized carbons (Fsp3) is 0.909. The summed E-state index contributed by atoms with van der Waals surface area (Å²) in [6, 6.07) is 0.340. The van der Waals surface area contributed by atoms with Gasteiger partial charge in [0, 0.05) is 17.9 Å². The molecule has 3 heteroatoms. The van der Waals surface area contributed by atoms with Gasteiger partial charge in [-0.15, -0.1) is 0 Å². The highest BCUT2D eigenvalue weighted by Gasteiger charge is 2.46. The molecule has 3 nitrogen and oxygen atoms in total. The quantitative estimate of drug-likeness (QED) is 0.765. The van der Waals surface area contributed by atoms with Crippen molar-refractivity contribution in [2.75, 3.05) is 0 Å². The lowest BCUT2D eigenvalue weighted by Crippen LogP contribution is -2.49. The minimum atomic E-state index is 0.120. The van der Waals surface area contributed by atoms with E-state index in [1.54, 1.807) is 6.92 Å². The summed E-state index contributed by atoms with van der Waals surface area (Å²) in [5.74, 6) is 1.51. The van der Waals surface area contributed by atoms with Gasteiger partial charge in [0.1, 0.15) is 5.78 Å². The van der Waals surface area contributed by atoms with Gasteiger partial charge in [0.2, 0.25) is 5.91 Å². The summed E-state index contributed by atoms with van der Waals surface area (Å²) in [5.41, 5.74) is 0.689. The molecular weight excluding hydrogens is 310 g/mol. The average molecular weight is 350 g/mol. The van der Waals surface area contributed by atoms with Gasteiger partial charge in [0.25, 0.3) is 0 Å². The van der Waals surface area contributed by atoms with Crippen LogP contribution in [0.4, 0.5) is 0 Å². The third kappa shape index (κ3) is 4.46. The van der Waals surface area contributed by atoms with E-state index in [0.717, 1.165) is 38.5 Å². The zero-order chi connectivity index (χ0) is 18.8. The van der Waals surface area contributed by atoms with Crippen molar-refractivity contribution < 1.29 is 9.59 Å². The van der Waals surface area contributed by atoms with E-state index in [-0.39, 0.29) is 17.7 Å². The molecule has 0 aromatic rings. The maximum atomic E-state index is 12.6. The van der Waals surface area contributed by atoms with Crippen molar-refractivity contribution in [2.24, 2.45) is 28.6 Å². The van der Waals surface area contributed by atoms with Crippen molar-refractivity contribution >= 4 is 11.7 Å². The van der Waals surface area contributed by atoms with E-state index in [0.29, 0.717) is 28.6 Å². The number of Topliss-reactive ketones (excluding diaryl/α,β-unsaturated/α-hetero) is 1. The van der Waals surface area contributed by atoms with Crippen LogP contribution in [-0.4, -0.2) is 17.7 Å². The summed E-state index contributed by atoms with van der Waals surface area (Å²) in [6.45, 7) is 13.5. The molecule has 0 unspecified atom stereocenters. The van der Waals surface area contributed by atoms with Crippen LogP contribution < -0.4 is 5.32 Å². The molecule has 144 valence electrons. The highest BCUT2D eigenvalue weighted by atomic mass is 16.2. The third-order valence-electron chi connectivity index (χ3n) is 7.50. The van der Waals surface area contributed by atoms with E-state index < -0.39 is 0 Å². The Kier molecular flexibility index (Phi) is 6.38. The van der Waals surface area contributed by atoms with Crippen LogP contribution in [0.2, 0.25) is 0 Å². The Bertz CT molecular complexity index is 473. The van der Waals surface area contributed by atoms with Crippen LogP contribution in [0.3, 0.4) is 0 Å². The van der Waals surface area contributed by atoms with E-state index in [9.17, 15) is 9.59 Å². The molecule has 0 aromatic heterocycles. The fourth-order valence-electron chi connectivity index (χ4n) is 5.55. The molecule has 1 N–H and O–H groups in total. The molecule has 1 amide bonds. The Morgan fingerprint density at radius 1 is 0.920 bits per heavy atom. The predicted molar refractivity (Wildman–Crippen MR) is 103 cm³/mol. The molecule has 0 saturated heterocycles. The van der Waals surface area contributed by atoms with Crippen LogP contribution >= 0.6 is 0 Å². The van der Waals surface area contributed by atoms with Gasteiger partial charge in [-0.25, -0.2) is 0 Å². The minimum Gasteiger partial charge on any atom is -0.353 e. The maximum absolute atomic E-state index is 12.6. The Morgan fingerprint density at radius 2 is 1.40 bits per heavy atom. The molecule has 2 saturated carbocycles. The molecule has 2 aliphatic carbocycles. The number of rotatable bonds is 4. The second-order valence-electron chi connectivity index (χ2n) is 10.0. The zero-order valence-electron chi connectivity index (χ0n) is 17.3. The Balaban J connectivity index is 1.86. The third-order valence-corrected chi connectivity index (χ3v) is 7.50. The van der Waals surface area contributed by atoms with Gasteiger partial charge in [-0.2, -0.15) is 0 Å². The number of carbonyl (C=O) groups is 2. The summed E-state index contributed by atoms with van der Waals surface area (Å²) in [7, 11) is 0. The lowest BCUT2D eigenvalue weighted by molar-refractivity contribution is -0.130. The van der Waals surface area contributed by atoms with E-state index >= 15 is 0 Å². The van der Waals surface area contributed by atoms with Crippen molar-refractivity contribution in [3.8, 4) is 0 Å². The topological polar surface area (TPSA) is 46.2 Å². The number of hydrogen-bond acceptors (Lipinski definition) is 2. The normalized spacial score (nSPS) is 34.0. The van der Waals surface area contributed by atoms with E-state index in [1.165, 1.54) is 12.8 Å². The van der Waals surface area contributed by atoms with Crippen LogP contribution in [-0.2, 0) is 9.59 Å². The molecule has 0 aromatic carbocycles. The zero-order valence-corrected chi connectivity index (χ0v) is 17.3. The van der Waals surface area contributed by atoms with E-state index in [4.69, 9.17) is 0 Å². The van der Waals surface area contributed by atoms with Crippen molar-refractivity contribution in [1.82, 2.24) is 5.32 Å². The fourth-order valence-corrected chi connectivity index (χ4v) is 5.55. The van der Waals surface area contributed by atoms with Crippen LogP contribution in [0, 0.1) is 28.6 Å². The van der Waals surface area contributed by atoms with Crippen molar-refractivity contribution in [1.29, 1.82) is 0 Å². The largest absolute Gasteiger partial charge is 0.353 e. The molecule has 0 radical (unpaired) electrons. The molecule has 2 rings (SSSR count). The molecule has 2 aliphatic rings. The summed E-state index contributed by atoms with van der Waals surface area (Å²) < 4.78 is 0. The van der Waals surface area contributed by atoms with E-state index in [2.05, 4.69) is 39.9 Å². The van der Waals surface area contributed by atoms with Gasteiger partial charge < -0.3 is 5.32 Å². The van der Waals surface area contributed by atoms with E-state index in [1.807, 2.05) is 0 Å². The highest BCUT2D eigenvalue weighted by molar-refractivity contribution is 5.81. The number of hydrogen-bond donors (Lipinski definition) is 1. The maximum Gasteiger partial charge on any atom is 0.223 e. The molecule has 0 atom stereocenters. The monoisotopic (exact) mass is 349 g/mol. The van der Waals surface area contributed by atoms with Gasteiger partial charge in [-0.1, -0.05) is 34.6 Å². The molecule has 25 heavy (non-hydrogen) atoms. The predicted octanol–water partition coefficient (Wildman–Crippen LogP) is 5.13. The SMILES string of the molecule is CC(=O)C1CCC(C(=O)NC2CCC(C(C)C)(C(C)(C)C)CC2)CC1. The van der Waals surface area contributed by atoms with Gasteiger partial charge in [0.15, 0.2) is 0 Å². The lowest BCUT2D eigenvalue weighted by atomic mass is 9.54. The summed E-state index contributed by atoms with van der Waals surface area (Å²) in [5, 5.41) is 3.34. The second-order valence-corrected chi connectivity index (χ2v) is 10.0. The number of amides is 1. The van der Waals surface area contributed by atoms with Crippen LogP contribution in [0.5, 0.6) is 0 Å². The second kappa shape index (κ2) is 7.80. The molecule has 0 aliphatic heterocycles.